The van der Waals surface area contributed by atoms with E-state index in [4.69, 9.17) is 11.6 Å². The van der Waals surface area contributed by atoms with Crippen LogP contribution in [0, 0.1) is 0 Å². The van der Waals surface area contributed by atoms with E-state index in [9.17, 15) is 9.90 Å². The minimum atomic E-state index is -0.0632. The number of rotatable bonds is 2. The zero-order chi connectivity index (χ0) is 11.6. The lowest BCUT2D eigenvalue weighted by Crippen LogP contribution is -2.12. The Bertz CT molecular complexity index is 378. The van der Waals surface area contributed by atoms with E-state index in [1.807, 2.05) is 26.8 Å². The smallest absolute Gasteiger partial charge is 0.153 e. The molecular weight excluding hydrogens is 212 g/mol. The van der Waals surface area contributed by atoms with Gasteiger partial charge in [-0.1, -0.05) is 26.8 Å². The molecule has 0 aromatic heterocycles. The van der Waals surface area contributed by atoms with Gasteiger partial charge >= 0.3 is 0 Å². The van der Waals surface area contributed by atoms with Crippen LogP contribution in [0.1, 0.15) is 42.3 Å². The highest BCUT2D eigenvalue weighted by atomic mass is 35.5. The molecule has 0 saturated heterocycles. The molecule has 1 aromatic rings. The van der Waals surface area contributed by atoms with Crippen LogP contribution in [0.25, 0.3) is 0 Å². The molecule has 0 spiro atoms. The van der Waals surface area contributed by atoms with Crippen molar-refractivity contribution in [2.75, 3.05) is 0 Å². The summed E-state index contributed by atoms with van der Waals surface area (Å²) in [5.74, 6) is 0.198. The van der Waals surface area contributed by atoms with Crippen molar-refractivity contribution in [2.24, 2.45) is 0 Å². The van der Waals surface area contributed by atoms with E-state index in [-0.39, 0.29) is 17.0 Å². The lowest BCUT2D eigenvalue weighted by molar-refractivity contribution is 0.112. The number of hydrogen-bond acceptors (Lipinski definition) is 2. The van der Waals surface area contributed by atoms with Gasteiger partial charge in [-0.25, -0.2) is 0 Å². The first-order valence-corrected chi connectivity index (χ1v) is 5.31. The number of hydrogen-bond donors (Lipinski definition) is 1. The van der Waals surface area contributed by atoms with Gasteiger partial charge in [0.1, 0.15) is 5.75 Å². The predicted molar refractivity (Wildman–Crippen MR) is 61.8 cm³/mol. The van der Waals surface area contributed by atoms with Crippen LogP contribution in [0.2, 0.25) is 0 Å². The Morgan fingerprint density at radius 1 is 1.40 bits per heavy atom. The molecule has 0 aliphatic rings. The summed E-state index contributed by atoms with van der Waals surface area (Å²) in [6.45, 7) is 6.14. The Morgan fingerprint density at radius 2 is 2.00 bits per heavy atom. The lowest BCUT2D eigenvalue weighted by atomic mass is 9.85. The van der Waals surface area contributed by atoms with E-state index in [0.717, 1.165) is 5.56 Å². The standard InChI is InChI=1S/C12H15ClO2/c1-12(2,3)10-4-8(6-13)11(15)9(5-10)7-14/h4-5,7,15H,6H2,1-3H3. The Morgan fingerprint density at radius 3 is 2.40 bits per heavy atom. The molecule has 0 radical (unpaired) electrons. The molecule has 0 saturated carbocycles. The van der Waals surface area contributed by atoms with Gasteiger partial charge < -0.3 is 5.11 Å². The Labute approximate surface area is 94.9 Å². The average molecular weight is 227 g/mol. The van der Waals surface area contributed by atoms with Gasteiger partial charge in [0.2, 0.25) is 0 Å². The number of aromatic hydroxyl groups is 1. The van der Waals surface area contributed by atoms with E-state index in [2.05, 4.69) is 0 Å². The highest BCUT2D eigenvalue weighted by molar-refractivity contribution is 6.17. The third-order valence-corrected chi connectivity index (χ3v) is 2.64. The maximum absolute atomic E-state index is 10.8. The zero-order valence-electron chi connectivity index (χ0n) is 9.17. The molecule has 0 heterocycles. The number of benzene rings is 1. The van der Waals surface area contributed by atoms with Crippen molar-refractivity contribution in [1.82, 2.24) is 0 Å². The maximum Gasteiger partial charge on any atom is 0.153 e. The van der Waals surface area contributed by atoms with Gasteiger partial charge in [-0.05, 0) is 17.0 Å². The van der Waals surface area contributed by atoms with E-state index < -0.39 is 0 Å². The summed E-state index contributed by atoms with van der Waals surface area (Å²) in [6, 6.07) is 3.55. The van der Waals surface area contributed by atoms with Crippen molar-refractivity contribution >= 4 is 17.9 Å². The highest BCUT2D eigenvalue weighted by Crippen LogP contribution is 2.30. The van der Waals surface area contributed by atoms with Gasteiger partial charge in [-0.15, -0.1) is 11.6 Å². The zero-order valence-corrected chi connectivity index (χ0v) is 9.93. The molecule has 0 bridgehead atoms. The molecule has 0 aliphatic carbocycles. The molecule has 2 nitrogen and oxygen atoms in total. The number of phenols is 1. The second kappa shape index (κ2) is 4.23. The van der Waals surface area contributed by atoms with Crippen LogP contribution < -0.4 is 0 Å². The normalized spacial score (nSPS) is 11.5. The van der Waals surface area contributed by atoms with Crippen LogP contribution in [0.5, 0.6) is 5.75 Å². The van der Waals surface area contributed by atoms with E-state index in [0.29, 0.717) is 17.4 Å². The minimum absolute atomic E-state index is 0.00648. The third-order valence-electron chi connectivity index (χ3n) is 2.36. The van der Waals surface area contributed by atoms with Crippen LogP contribution in [0.4, 0.5) is 0 Å². The number of aldehydes is 1. The average Bonchev–Trinajstić information content (AvgIpc) is 2.16. The largest absolute Gasteiger partial charge is 0.507 e. The lowest BCUT2D eigenvalue weighted by Gasteiger charge is -2.21. The van der Waals surface area contributed by atoms with Crippen LogP contribution >= 0.6 is 11.6 Å². The summed E-state index contributed by atoms with van der Waals surface area (Å²) in [4.78, 5) is 10.8. The van der Waals surface area contributed by atoms with Crippen LogP contribution in [-0.2, 0) is 11.3 Å². The van der Waals surface area contributed by atoms with Crippen molar-refractivity contribution in [2.45, 2.75) is 32.1 Å². The monoisotopic (exact) mass is 226 g/mol. The number of carbonyl (C=O) groups is 1. The molecule has 1 rings (SSSR count). The van der Waals surface area contributed by atoms with E-state index in [1.165, 1.54) is 0 Å². The fraction of sp³-hybridized carbons (Fsp3) is 0.417. The molecule has 1 N–H and O–H groups in total. The first-order chi connectivity index (χ1) is 6.90. The fourth-order valence-corrected chi connectivity index (χ4v) is 1.55. The Kier molecular flexibility index (Phi) is 3.40. The Balaban J connectivity index is 3.40. The van der Waals surface area contributed by atoms with Crippen LogP contribution in [0.15, 0.2) is 12.1 Å². The van der Waals surface area contributed by atoms with Gasteiger partial charge in [0.15, 0.2) is 6.29 Å². The number of phenolic OH excluding ortho intramolecular Hbond substituents is 1. The SMILES string of the molecule is CC(C)(C)c1cc(C=O)c(O)c(CCl)c1. The first-order valence-electron chi connectivity index (χ1n) is 4.77. The van der Waals surface area contributed by atoms with Crippen molar-refractivity contribution in [3.05, 3.63) is 28.8 Å². The van der Waals surface area contributed by atoms with Gasteiger partial charge in [-0.2, -0.15) is 0 Å². The topological polar surface area (TPSA) is 37.3 Å². The number of carbonyl (C=O) groups excluding carboxylic acids is 1. The molecule has 0 fully saturated rings. The van der Waals surface area contributed by atoms with Crippen LogP contribution in [-0.4, -0.2) is 11.4 Å². The molecule has 0 atom stereocenters. The molecule has 0 aliphatic heterocycles. The van der Waals surface area contributed by atoms with E-state index >= 15 is 0 Å². The quantitative estimate of drug-likeness (QED) is 0.621. The molecular formula is C12H15ClO2. The summed E-state index contributed by atoms with van der Waals surface area (Å²) >= 11 is 5.71. The molecule has 82 valence electrons. The van der Waals surface area contributed by atoms with Crippen molar-refractivity contribution in [1.29, 1.82) is 0 Å². The van der Waals surface area contributed by atoms with Crippen molar-refractivity contribution in [3.8, 4) is 5.75 Å². The van der Waals surface area contributed by atoms with Gasteiger partial charge in [0, 0.05) is 5.56 Å². The predicted octanol–water partition coefficient (Wildman–Crippen LogP) is 3.24. The van der Waals surface area contributed by atoms with E-state index in [1.54, 1.807) is 6.07 Å². The first kappa shape index (κ1) is 12.1. The number of alkyl halides is 1. The van der Waals surface area contributed by atoms with Gasteiger partial charge in [0.05, 0.1) is 11.4 Å². The fourth-order valence-electron chi connectivity index (χ4n) is 1.34. The third kappa shape index (κ3) is 2.51. The molecule has 0 unspecified atom stereocenters. The summed E-state index contributed by atoms with van der Waals surface area (Å²) in [6.07, 6.45) is 0.653. The van der Waals surface area contributed by atoms with Gasteiger partial charge in [-0.3, -0.25) is 4.79 Å². The molecule has 15 heavy (non-hydrogen) atoms. The summed E-state index contributed by atoms with van der Waals surface area (Å²) in [7, 11) is 0. The number of halogens is 1. The second-order valence-electron chi connectivity index (χ2n) is 4.57. The molecule has 1 aromatic carbocycles. The molecule has 3 heteroatoms. The molecule has 0 amide bonds. The summed E-state index contributed by atoms with van der Waals surface area (Å²) in [5, 5.41) is 9.66. The Hall–Kier alpha value is -1.02. The van der Waals surface area contributed by atoms with Gasteiger partial charge in [0.25, 0.3) is 0 Å². The minimum Gasteiger partial charge on any atom is -0.507 e. The van der Waals surface area contributed by atoms with Crippen molar-refractivity contribution in [3.63, 3.8) is 0 Å². The summed E-state index contributed by atoms with van der Waals surface area (Å²) < 4.78 is 0. The second-order valence-corrected chi connectivity index (χ2v) is 4.84. The van der Waals surface area contributed by atoms with Crippen LogP contribution in [0.3, 0.4) is 0 Å². The summed E-state index contributed by atoms with van der Waals surface area (Å²) in [5.41, 5.74) is 1.84. The van der Waals surface area contributed by atoms with Crippen molar-refractivity contribution < 1.29 is 9.90 Å². The maximum atomic E-state index is 10.8. The highest BCUT2D eigenvalue weighted by Gasteiger charge is 2.17.